The molecule has 1 N–H and O–H groups in total. The summed E-state index contributed by atoms with van der Waals surface area (Å²) in [5.74, 6) is -0.00273. The summed E-state index contributed by atoms with van der Waals surface area (Å²) in [6.07, 6.45) is 0.682. The first-order chi connectivity index (χ1) is 15.3. The molecule has 3 aromatic carbocycles. The van der Waals surface area contributed by atoms with Crippen LogP contribution in [0.4, 0.5) is 11.4 Å². The predicted octanol–water partition coefficient (Wildman–Crippen LogP) is 5.07. The molecule has 0 bridgehead atoms. The first kappa shape index (κ1) is 22.5. The predicted molar refractivity (Wildman–Crippen MR) is 126 cm³/mol. The zero-order chi connectivity index (χ0) is 22.9. The standard InChI is InChI=1S/C23H20Cl2N2O4S/c1-15-13-17(32(29,30)27-12-11-16-5-2-3-8-20(16)27)9-10-21(15)31-14-22(28)26-19-7-4-6-18(24)23(19)25/h2-10,13H,11-12,14H2,1H3,(H,26,28). The van der Waals surface area contributed by atoms with E-state index in [4.69, 9.17) is 27.9 Å². The van der Waals surface area contributed by atoms with Crippen LogP contribution in [0, 0.1) is 6.92 Å². The molecule has 0 atom stereocenters. The van der Waals surface area contributed by atoms with Gasteiger partial charge in [-0.2, -0.15) is 0 Å². The van der Waals surface area contributed by atoms with Gasteiger partial charge in [-0.25, -0.2) is 8.42 Å². The summed E-state index contributed by atoms with van der Waals surface area (Å²) >= 11 is 12.0. The van der Waals surface area contributed by atoms with Crippen molar-refractivity contribution in [3.05, 3.63) is 81.8 Å². The fourth-order valence-electron chi connectivity index (χ4n) is 3.56. The van der Waals surface area contributed by atoms with Gasteiger partial charge in [0, 0.05) is 6.54 Å². The van der Waals surface area contributed by atoms with E-state index < -0.39 is 15.9 Å². The Morgan fingerprint density at radius 2 is 1.88 bits per heavy atom. The molecule has 0 saturated heterocycles. The largest absolute Gasteiger partial charge is 0.483 e. The van der Waals surface area contributed by atoms with E-state index in [1.165, 1.54) is 10.4 Å². The van der Waals surface area contributed by atoms with Crippen LogP contribution in [0.3, 0.4) is 0 Å². The number of nitrogens with one attached hydrogen (secondary N) is 1. The van der Waals surface area contributed by atoms with Gasteiger partial charge in [-0.05, 0) is 60.9 Å². The van der Waals surface area contributed by atoms with E-state index >= 15 is 0 Å². The molecule has 1 amide bonds. The Hall–Kier alpha value is -2.74. The van der Waals surface area contributed by atoms with Crippen molar-refractivity contribution in [2.24, 2.45) is 0 Å². The highest BCUT2D eigenvalue weighted by Crippen LogP contribution is 2.34. The van der Waals surface area contributed by atoms with E-state index in [-0.39, 0.29) is 16.5 Å². The quantitative estimate of drug-likeness (QED) is 0.523. The number of ether oxygens (including phenoxy) is 1. The van der Waals surface area contributed by atoms with E-state index in [1.54, 1.807) is 37.3 Å². The molecule has 0 aromatic heterocycles. The fraction of sp³-hybridized carbons (Fsp3) is 0.174. The molecule has 3 aromatic rings. The number of carbonyl (C=O) groups is 1. The molecule has 166 valence electrons. The number of para-hydroxylation sites is 1. The lowest BCUT2D eigenvalue weighted by atomic mass is 10.2. The molecule has 0 fully saturated rings. The van der Waals surface area contributed by atoms with Crippen molar-refractivity contribution in [3.8, 4) is 5.75 Å². The molecule has 0 saturated carbocycles. The zero-order valence-corrected chi connectivity index (χ0v) is 19.5. The number of nitrogens with zero attached hydrogens (tertiary/aromatic N) is 1. The van der Waals surface area contributed by atoms with Gasteiger partial charge >= 0.3 is 0 Å². The molecule has 32 heavy (non-hydrogen) atoms. The first-order valence-electron chi connectivity index (χ1n) is 9.85. The van der Waals surface area contributed by atoms with Crippen molar-refractivity contribution in [3.63, 3.8) is 0 Å². The lowest BCUT2D eigenvalue weighted by molar-refractivity contribution is -0.118. The van der Waals surface area contributed by atoms with Gasteiger partial charge in [0.2, 0.25) is 0 Å². The summed E-state index contributed by atoms with van der Waals surface area (Å²) in [6.45, 7) is 1.87. The average molecular weight is 491 g/mol. The minimum absolute atomic E-state index is 0.175. The molecule has 0 aliphatic carbocycles. The first-order valence-corrected chi connectivity index (χ1v) is 12.0. The van der Waals surface area contributed by atoms with Crippen LogP contribution < -0.4 is 14.4 Å². The molecular formula is C23H20Cl2N2O4S. The van der Waals surface area contributed by atoms with Crippen LogP contribution in [-0.2, 0) is 21.2 Å². The molecule has 1 aliphatic rings. The van der Waals surface area contributed by atoms with Crippen molar-refractivity contribution >= 4 is 50.5 Å². The molecule has 0 radical (unpaired) electrons. The fourth-order valence-corrected chi connectivity index (χ4v) is 5.50. The summed E-state index contributed by atoms with van der Waals surface area (Å²) in [7, 11) is -3.70. The third-order valence-corrected chi connectivity index (χ3v) is 7.79. The molecule has 0 spiro atoms. The maximum Gasteiger partial charge on any atom is 0.264 e. The van der Waals surface area contributed by atoms with E-state index in [0.29, 0.717) is 40.7 Å². The molecule has 1 heterocycles. The van der Waals surface area contributed by atoms with Gasteiger partial charge in [0.25, 0.3) is 15.9 Å². The number of hydrogen-bond donors (Lipinski definition) is 1. The Labute approximate surface area is 196 Å². The normalized spacial score (nSPS) is 13.0. The molecular weight excluding hydrogens is 471 g/mol. The number of aryl methyl sites for hydroxylation is 1. The van der Waals surface area contributed by atoms with Crippen LogP contribution in [0.2, 0.25) is 10.0 Å². The third kappa shape index (κ3) is 4.41. The van der Waals surface area contributed by atoms with E-state index in [9.17, 15) is 13.2 Å². The van der Waals surface area contributed by atoms with E-state index in [0.717, 1.165) is 5.56 Å². The van der Waals surface area contributed by atoms with Crippen LogP contribution in [0.5, 0.6) is 5.75 Å². The van der Waals surface area contributed by atoms with Crippen LogP contribution in [0.1, 0.15) is 11.1 Å². The maximum absolute atomic E-state index is 13.2. The number of hydrogen-bond acceptors (Lipinski definition) is 4. The molecule has 9 heteroatoms. The highest BCUT2D eigenvalue weighted by Gasteiger charge is 2.30. The summed E-state index contributed by atoms with van der Waals surface area (Å²) in [6, 6.07) is 17.0. The van der Waals surface area contributed by atoms with Crippen molar-refractivity contribution in [1.82, 2.24) is 0 Å². The molecule has 4 rings (SSSR count). The zero-order valence-electron chi connectivity index (χ0n) is 17.1. The Bertz CT molecular complexity index is 1290. The summed E-state index contributed by atoms with van der Waals surface area (Å²) in [4.78, 5) is 12.4. The minimum Gasteiger partial charge on any atom is -0.483 e. The average Bonchev–Trinajstić information content (AvgIpc) is 3.21. The number of amides is 1. The van der Waals surface area contributed by atoms with Crippen molar-refractivity contribution < 1.29 is 17.9 Å². The monoisotopic (exact) mass is 490 g/mol. The summed E-state index contributed by atoms with van der Waals surface area (Å²) in [5, 5.41) is 3.22. The minimum atomic E-state index is -3.70. The highest BCUT2D eigenvalue weighted by molar-refractivity contribution is 7.92. The van der Waals surface area contributed by atoms with Gasteiger partial charge in [-0.3, -0.25) is 9.10 Å². The SMILES string of the molecule is Cc1cc(S(=O)(=O)N2CCc3ccccc32)ccc1OCC(=O)Nc1cccc(Cl)c1Cl. The number of rotatable bonds is 6. The Morgan fingerprint density at radius 3 is 2.66 bits per heavy atom. The summed E-state index contributed by atoms with van der Waals surface area (Å²) < 4.78 is 33.4. The molecule has 0 unspecified atom stereocenters. The Kier molecular flexibility index (Phi) is 6.33. The van der Waals surface area contributed by atoms with Crippen molar-refractivity contribution in [2.45, 2.75) is 18.2 Å². The highest BCUT2D eigenvalue weighted by atomic mass is 35.5. The van der Waals surface area contributed by atoms with Gasteiger partial charge < -0.3 is 10.1 Å². The number of benzene rings is 3. The Morgan fingerprint density at radius 1 is 1.09 bits per heavy atom. The summed E-state index contributed by atoms with van der Waals surface area (Å²) in [5.41, 5.74) is 2.71. The van der Waals surface area contributed by atoms with Crippen molar-refractivity contribution in [1.29, 1.82) is 0 Å². The number of anilines is 2. The van der Waals surface area contributed by atoms with Crippen LogP contribution >= 0.6 is 23.2 Å². The second-order valence-corrected chi connectivity index (χ2v) is 9.97. The Balaban J connectivity index is 1.46. The van der Waals surface area contributed by atoms with Crippen LogP contribution in [0.15, 0.2) is 65.6 Å². The molecule has 1 aliphatic heterocycles. The van der Waals surface area contributed by atoms with Gasteiger partial charge in [0.15, 0.2) is 6.61 Å². The number of carbonyl (C=O) groups excluding carboxylic acids is 1. The topological polar surface area (TPSA) is 75.7 Å². The van der Waals surface area contributed by atoms with Crippen LogP contribution in [0.25, 0.3) is 0 Å². The maximum atomic E-state index is 13.2. The van der Waals surface area contributed by atoms with Gasteiger partial charge in [0.1, 0.15) is 5.75 Å². The number of sulfonamides is 1. The van der Waals surface area contributed by atoms with Gasteiger partial charge in [-0.1, -0.05) is 47.5 Å². The van der Waals surface area contributed by atoms with Gasteiger partial charge in [-0.15, -0.1) is 0 Å². The second kappa shape index (κ2) is 9.02. The van der Waals surface area contributed by atoms with Crippen LogP contribution in [-0.4, -0.2) is 27.5 Å². The molecule has 6 nitrogen and oxygen atoms in total. The lowest BCUT2D eigenvalue weighted by Crippen LogP contribution is -2.29. The lowest BCUT2D eigenvalue weighted by Gasteiger charge is -2.20. The smallest absolute Gasteiger partial charge is 0.264 e. The van der Waals surface area contributed by atoms with Gasteiger partial charge in [0.05, 0.1) is 26.3 Å². The number of halogens is 2. The second-order valence-electron chi connectivity index (χ2n) is 7.32. The van der Waals surface area contributed by atoms with E-state index in [1.807, 2.05) is 24.3 Å². The third-order valence-electron chi connectivity index (χ3n) is 5.16. The number of fused-ring (bicyclic) bond motifs is 1. The van der Waals surface area contributed by atoms with Crippen molar-refractivity contribution in [2.75, 3.05) is 22.8 Å². The van der Waals surface area contributed by atoms with E-state index in [2.05, 4.69) is 5.32 Å².